The van der Waals surface area contributed by atoms with E-state index in [2.05, 4.69) is 40.8 Å². The van der Waals surface area contributed by atoms with Gasteiger partial charge in [0.25, 0.3) is 0 Å². The van der Waals surface area contributed by atoms with Gasteiger partial charge >= 0.3 is 0 Å². The molecule has 0 amide bonds. The maximum absolute atomic E-state index is 11.6. The molecule has 0 fully saturated rings. The van der Waals surface area contributed by atoms with E-state index in [9.17, 15) is 8.42 Å². The topological polar surface area (TPSA) is 140 Å². The van der Waals surface area contributed by atoms with E-state index in [1.165, 1.54) is 17.2 Å². The summed E-state index contributed by atoms with van der Waals surface area (Å²) in [6.45, 7) is 0. The van der Waals surface area contributed by atoms with Gasteiger partial charge in [-0.05, 0) is 46.8 Å². The number of tetrazole rings is 1. The lowest BCUT2D eigenvalue weighted by molar-refractivity contribution is 0.607. The minimum atomic E-state index is -3.45. The van der Waals surface area contributed by atoms with Gasteiger partial charge in [0.15, 0.2) is 5.82 Å². The number of para-hydroxylation sites is 2. The number of hydrogen-bond donors (Lipinski definition) is 3. The molecule has 0 aliphatic rings. The van der Waals surface area contributed by atoms with Crippen LogP contribution in [0.1, 0.15) is 0 Å². The lowest BCUT2D eigenvalue weighted by atomic mass is 10.2. The zero-order chi connectivity index (χ0) is 21.8. The number of nitrogens with one attached hydrogen (secondary N) is 3. The van der Waals surface area contributed by atoms with Gasteiger partial charge in [0.05, 0.1) is 29.5 Å². The lowest BCUT2D eigenvalue weighted by Crippen LogP contribution is -2.11. The fourth-order valence-corrected chi connectivity index (χ4v) is 3.35. The standard InChI is InChI=1S/C18H16ClN9O2S/c1-31(29,30)25-16-5-3-2-4-15(16)23-17-14(19)10-20-18(24-17)22-12-6-8-13(9-7-12)28-11-21-26-27-28/h2-11,25H,1H3,(H2,20,22,23,24). The fraction of sp³-hybridized carbons (Fsp3) is 0.0556. The highest BCUT2D eigenvalue weighted by molar-refractivity contribution is 7.92. The van der Waals surface area contributed by atoms with Gasteiger partial charge < -0.3 is 10.6 Å². The number of sulfonamides is 1. The predicted octanol–water partition coefficient (Wildman–Crippen LogP) is 2.96. The minimum Gasteiger partial charge on any atom is -0.337 e. The monoisotopic (exact) mass is 457 g/mol. The second kappa shape index (κ2) is 8.53. The molecule has 0 saturated heterocycles. The number of aromatic nitrogens is 6. The van der Waals surface area contributed by atoms with Crippen LogP contribution in [0, 0.1) is 0 Å². The molecule has 0 aliphatic heterocycles. The number of anilines is 5. The summed E-state index contributed by atoms with van der Waals surface area (Å²) in [5.74, 6) is 0.614. The Balaban J connectivity index is 1.54. The third-order valence-electron chi connectivity index (χ3n) is 3.96. The van der Waals surface area contributed by atoms with Crippen LogP contribution in [0.25, 0.3) is 5.69 Å². The molecule has 0 aliphatic carbocycles. The summed E-state index contributed by atoms with van der Waals surface area (Å²) in [5.41, 5.74) is 2.40. The maximum Gasteiger partial charge on any atom is 0.229 e. The van der Waals surface area contributed by atoms with Gasteiger partial charge in [0, 0.05) is 5.69 Å². The molecule has 0 atom stereocenters. The van der Waals surface area contributed by atoms with E-state index in [1.807, 2.05) is 24.3 Å². The lowest BCUT2D eigenvalue weighted by Gasteiger charge is -2.14. The van der Waals surface area contributed by atoms with Crippen LogP contribution < -0.4 is 15.4 Å². The average Bonchev–Trinajstić information content (AvgIpc) is 3.26. The summed E-state index contributed by atoms with van der Waals surface area (Å²) in [6, 6.07) is 14.1. The highest BCUT2D eigenvalue weighted by Crippen LogP contribution is 2.29. The van der Waals surface area contributed by atoms with Gasteiger partial charge in [-0.1, -0.05) is 23.7 Å². The zero-order valence-electron chi connectivity index (χ0n) is 16.1. The van der Waals surface area contributed by atoms with Gasteiger partial charge in [-0.3, -0.25) is 4.72 Å². The van der Waals surface area contributed by atoms with Crippen molar-refractivity contribution in [3.63, 3.8) is 0 Å². The second-order valence-corrected chi connectivity index (χ2v) is 8.52. The van der Waals surface area contributed by atoms with Crippen molar-refractivity contribution < 1.29 is 8.42 Å². The number of rotatable bonds is 7. The SMILES string of the molecule is CS(=O)(=O)Nc1ccccc1Nc1nc(Nc2ccc(-n3cnnn3)cc2)ncc1Cl. The summed E-state index contributed by atoms with van der Waals surface area (Å²) in [4.78, 5) is 8.58. The second-order valence-electron chi connectivity index (χ2n) is 6.36. The molecule has 0 spiro atoms. The van der Waals surface area contributed by atoms with Crippen LogP contribution in [0.15, 0.2) is 61.1 Å². The molecule has 2 aromatic heterocycles. The molecule has 31 heavy (non-hydrogen) atoms. The Hall–Kier alpha value is -3.77. The molecular formula is C18H16ClN9O2S. The minimum absolute atomic E-state index is 0.272. The van der Waals surface area contributed by atoms with Crippen molar-refractivity contribution >= 4 is 50.5 Å². The van der Waals surface area contributed by atoms with Gasteiger partial charge in [0.1, 0.15) is 11.3 Å². The summed E-state index contributed by atoms with van der Waals surface area (Å²) >= 11 is 6.24. The first kappa shape index (κ1) is 20.5. The van der Waals surface area contributed by atoms with Crippen LogP contribution in [0.2, 0.25) is 5.02 Å². The van der Waals surface area contributed by atoms with E-state index in [0.717, 1.165) is 17.6 Å². The molecule has 3 N–H and O–H groups in total. The van der Waals surface area contributed by atoms with Crippen molar-refractivity contribution in [2.75, 3.05) is 21.6 Å². The van der Waals surface area contributed by atoms with Crippen molar-refractivity contribution in [3.05, 3.63) is 66.1 Å². The normalized spacial score (nSPS) is 11.2. The van der Waals surface area contributed by atoms with E-state index in [1.54, 1.807) is 24.3 Å². The molecule has 13 heteroatoms. The Bertz CT molecular complexity index is 1300. The number of halogens is 1. The predicted molar refractivity (Wildman–Crippen MR) is 118 cm³/mol. The van der Waals surface area contributed by atoms with Gasteiger partial charge in [-0.15, -0.1) is 5.10 Å². The summed E-state index contributed by atoms with van der Waals surface area (Å²) in [5, 5.41) is 17.5. The Morgan fingerprint density at radius 2 is 1.74 bits per heavy atom. The van der Waals surface area contributed by atoms with Gasteiger partial charge in [0.2, 0.25) is 16.0 Å². The summed E-state index contributed by atoms with van der Waals surface area (Å²) in [6.07, 6.45) is 4.02. The molecule has 0 bridgehead atoms. The van der Waals surface area contributed by atoms with Crippen molar-refractivity contribution in [3.8, 4) is 5.69 Å². The first-order chi connectivity index (χ1) is 14.9. The highest BCUT2D eigenvalue weighted by Gasteiger charge is 2.11. The smallest absolute Gasteiger partial charge is 0.229 e. The molecule has 2 heterocycles. The Morgan fingerprint density at radius 1 is 1.00 bits per heavy atom. The Labute approximate surface area is 182 Å². The van der Waals surface area contributed by atoms with Gasteiger partial charge in [-0.2, -0.15) is 4.98 Å². The summed E-state index contributed by atoms with van der Waals surface area (Å²) in [7, 11) is -3.45. The molecule has 4 rings (SSSR count). The van der Waals surface area contributed by atoms with E-state index in [4.69, 9.17) is 11.6 Å². The van der Waals surface area contributed by atoms with Crippen molar-refractivity contribution in [2.45, 2.75) is 0 Å². The molecule has 4 aromatic rings. The van der Waals surface area contributed by atoms with Crippen molar-refractivity contribution in [1.29, 1.82) is 0 Å². The van der Waals surface area contributed by atoms with E-state index < -0.39 is 10.0 Å². The van der Waals surface area contributed by atoms with Crippen molar-refractivity contribution in [1.82, 2.24) is 30.2 Å². The molecule has 0 radical (unpaired) electrons. The molecular weight excluding hydrogens is 442 g/mol. The largest absolute Gasteiger partial charge is 0.337 e. The number of hydrogen-bond acceptors (Lipinski definition) is 9. The van der Waals surface area contributed by atoms with Crippen molar-refractivity contribution in [2.24, 2.45) is 0 Å². The number of benzene rings is 2. The maximum atomic E-state index is 11.6. The third kappa shape index (κ3) is 5.24. The van der Waals surface area contributed by atoms with E-state index in [0.29, 0.717) is 23.1 Å². The molecule has 158 valence electrons. The van der Waals surface area contributed by atoms with Gasteiger partial charge in [-0.25, -0.2) is 18.1 Å². The molecule has 0 unspecified atom stereocenters. The van der Waals surface area contributed by atoms with Crippen LogP contribution in [-0.2, 0) is 10.0 Å². The van der Waals surface area contributed by atoms with Crippen LogP contribution in [-0.4, -0.2) is 44.8 Å². The third-order valence-corrected chi connectivity index (χ3v) is 4.82. The quantitative estimate of drug-likeness (QED) is 0.382. The fourth-order valence-electron chi connectivity index (χ4n) is 2.63. The molecule has 0 saturated carbocycles. The van der Waals surface area contributed by atoms with Crippen LogP contribution in [0.5, 0.6) is 0 Å². The number of nitrogens with zero attached hydrogens (tertiary/aromatic N) is 6. The zero-order valence-corrected chi connectivity index (χ0v) is 17.6. The van der Waals surface area contributed by atoms with E-state index in [-0.39, 0.29) is 5.02 Å². The highest BCUT2D eigenvalue weighted by atomic mass is 35.5. The first-order valence-corrected chi connectivity index (χ1v) is 11.1. The molecule has 11 nitrogen and oxygen atoms in total. The van der Waals surface area contributed by atoms with Crippen LogP contribution in [0.4, 0.5) is 28.8 Å². The average molecular weight is 458 g/mol. The Morgan fingerprint density at radius 3 is 2.42 bits per heavy atom. The first-order valence-electron chi connectivity index (χ1n) is 8.84. The molecule has 2 aromatic carbocycles. The van der Waals surface area contributed by atoms with Crippen LogP contribution in [0.3, 0.4) is 0 Å². The summed E-state index contributed by atoms with van der Waals surface area (Å²) < 4.78 is 27.2. The van der Waals surface area contributed by atoms with Crippen LogP contribution >= 0.6 is 11.6 Å². The Kier molecular flexibility index (Phi) is 5.64. The van der Waals surface area contributed by atoms with E-state index >= 15 is 0 Å².